The molecule has 1 unspecified atom stereocenters. The fraction of sp³-hybridized carbons (Fsp3) is 0.500. The minimum atomic E-state index is 0.168. The number of alkyl halides is 1. The van der Waals surface area contributed by atoms with Crippen molar-refractivity contribution < 1.29 is 4.79 Å². The molecule has 0 bridgehead atoms. The summed E-state index contributed by atoms with van der Waals surface area (Å²) < 4.78 is 0.961. The van der Waals surface area contributed by atoms with Crippen LogP contribution in [-0.4, -0.2) is 28.7 Å². The summed E-state index contributed by atoms with van der Waals surface area (Å²) in [5, 5.41) is 0.958. The van der Waals surface area contributed by atoms with Crippen LogP contribution in [0.4, 0.5) is 0 Å². The Balaban J connectivity index is 2.15. The van der Waals surface area contributed by atoms with Gasteiger partial charge in [0, 0.05) is 28.0 Å². The van der Waals surface area contributed by atoms with Crippen LogP contribution >= 0.6 is 31.9 Å². The highest BCUT2D eigenvalue weighted by Crippen LogP contribution is 2.23. The molecule has 0 saturated carbocycles. The molecule has 0 N–H and O–H groups in total. The highest BCUT2D eigenvalue weighted by molar-refractivity contribution is 9.10. The summed E-state index contributed by atoms with van der Waals surface area (Å²) >= 11 is 6.91. The summed E-state index contributed by atoms with van der Waals surface area (Å²) in [6.45, 7) is 0.892. The van der Waals surface area contributed by atoms with Gasteiger partial charge in [-0.1, -0.05) is 37.9 Å². The summed E-state index contributed by atoms with van der Waals surface area (Å²) in [7, 11) is 0. The molecular formula is C14H17Br2NO. The Morgan fingerprint density at radius 3 is 2.94 bits per heavy atom. The third-order valence-electron chi connectivity index (χ3n) is 3.40. The SMILES string of the molecule is O=C(c1cccc(Br)c1)N1CCCCC1CCBr. The van der Waals surface area contributed by atoms with Gasteiger partial charge >= 0.3 is 0 Å². The van der Waals surface area contributed by atoms with Gasteiger partial charge in [-0.2, -0.15) is 0 Å². The first-order valence-corrected chi connectivity index (χ1v) is 8.26. The smallest absolute Gasteiger partial charge is 0.254 e. The van der Waals surface area contributed by atoms with Crippen LogP contribution < -0.4 is 0 Å². The average molecular weight is 375 g/mol. The molecule has 2 nitrogen and oxygen atoms in total. The van der Waals surface area contributed by atoms with Crippen molar-refractivity contribution in [3.8, 4) is 0 Å². The molecule has 0 aliphatic carbocycles. The Labute approximate surface area is 125 Å². The first-order valence-electron chi connectivity index (χ1n) is 6.35. The maximum atomic E-state index is 12.5. The quantitative estimate of drug-likeness (QED) is 0.725. The number of carbonyl (C=O) groups excluding carboxylic acids is 1. The Kier molecular flexibility index (Phi) is 5.25. The molecule has 1 fully saturated rings. The first kappa shape index (κ1) is 14.1. The number of rotatable bonds is 3. The van der Waals surface area contributed by atoms with Crippen molar-refractivity contribution in [3.63, 3.8) is 0 Å². The molecule has 98 valence electrons. The number of likely N-dealkylation sites (tertiary alicyclic amines) is 1. The van der Waals surface area contributed by atoms with Crippen LogP contribution in [0.25, 0.3) is 0 Å². The van der Waals surface area contributed by atoms with Crippen molar-refractivity contribution in [1.29, 1.82) is 0 Å². The number of benzene rings is 1. The fourth-order valence-corrected chi connectivity index (χ4v) is 3.41. The highest BCUT2D eigenvalue weighted by Gasteiger charge is 2.26. The van der Waals surface area contributed by atoms with Gasteiger partial charge < -0.3 is 4.90 Å². The lowest BCUT2D eigenvalue weighted by Gasteiger charge is -2.35. The first-order chi connectivity index (χ1) is 8.72. The van der Waals surface area contributed by atoms with E-state index in [0.29, 0.717) is 6.04 Å². The number of halogens is 2. The third kappa shape index (κ3) is 3.35. The maximum Gasteiger partial charge on any atom is 0.254 e. The molecule has 0 radical (unpaired) electrons. The zero-order chi connectivity index (χ0) is 13.0. The summed E-state index contributed by atoms with van der Waals surface area (Å²) in [6, 6.07) is 8.06. The van der Waals surface area contributed by atoms with Gasteiger partial charge in [-0.05, 0) is 43.9 Å². The van der Waals surface area contributed by atoms with E-state index in [0.717, 1.165) is 41.2 Å². The molecule has 1 aromatic rings. The summed E-state index contributed by atoms with van der Waals surface area (Å²) in [6.07, 6.45) is 4.53. The largest absolute Gasteiger partial charge is 0.336 e. The van der Waals surface area contributed by atoms with Gasteiger partial charge in [-0.3, -0.25) is 4.79 Å². The predicted molar refractivity (Wildman–Crippen MR) is 81.2 cm³/mol. The van der Waals surface area contributed by atoms with E-state index in [9.17, 15) is 4.79 Å². The van der Waals surface area contributed by atoms with Crippen molar-refractivity contribution in [2.75, 3.05) is 11.9 Å². The topological polar surface area (TPSA) is 20.3 Å². The normalized spacial score (nSPS) is 19.9. The molecule has 1 heterocycles. The lowest BCUT2D eigenvalue weighted by Crippen LogP contribution is -2.43. The van der Waals surface area contributed by atoms with Crippen LogP contribution in [0, 0.1) is 0 Å². The molecule has 4 heteroatoms. The Morgan fingerprint density at radius 1 is 1.39 bits per heavy atom. The van der Waals surface area contributed by atoms with Gasteiger partial charge in [0.2, 0.25) is 0 Å². The predicted octanol–water partition coefficient (Wildman–Crippen LogP) is 4.23. The van der Waals surface area contributed by atoms with Crippen molar-refractivity contribution in [2.24, 2.45) is 0 Å². The second kappa shape index (κ2) is 6.71. The lowest BCUT2D eigenvalue weighted by molar-refractivity contribution is 0.0610. The molecule has 18 heavy (non-hydrogen) atoms. The van der Waals surface area contributed by atoms with Gasteiger partial charge in [0.15, 0.2) is 0 Å². The van der Waals surface area contributed by atoms with Crippen LogP contribution in [0.1, 0.15) is 36.0 Å². The number of carbonyl (C=O) groups is 1. The van der Waals surface area contributed by atoms with Crippen LogP contribution in [0.5, 0.6) is 0 Å². The van der Waals surface area contributed by atoms with Gasteiger partial charge in [0.25, 0.3) is 5.91 Å². The standard InChI is InChI=1S/C14H17Br2NO/c15-8-7-13-6-1-2-9-17(13)14(18)11-4-3-5-12(16)10-11/h3-5,10,13H,1-2,6-9H2. The zero-order valence-corrected chi connectivity index (χ0v) is 13.4. The van der Waals surface area contributed by atoms with Crippen molar-refractivity contribution in [3.05, 3.63) is 34.3 Å². The number of amides is 1. The highest BCUT2D eigenvalue weighted by atomic mass is 79.9. The van der Waals surface area contributed by atoms with E-state index in [4.69, 9.17) is 0 Å². The van der Waals surface area contributed by atoms with E-state index in [2.05, 4.69) is 31.9 Å². The van der Waals surface area contributed by atoms with Crippen LogP contribution in [-0.2, 0) is 0 Å². The number of hydrogen-bond acceptors (Lipinski definition) is 1. The molecule has 1 aliphatic rings. The van der Waals surface area contributed by atoms with Crippen molar-refractivity contribution in [2.45, 2.75) is 31.7 Å². The van der Waals surface area contributed by atoms with Crippen LogP contribution in [0.15, 0.2) is 28.7 Å². The van der Waals surface area contributed by atoms with Crippen molar-refractivity contribution >= 4 is 37.8 Å². The van der Waals surface area contributed by atoms with Gasteiger partial charge in [-0.15, -0.1) is 0 Å². The minimum Gasteiger partial charge on any atom is -0.336 e. The van der Waals surface area contributed by atoms with Gasteiger partial charge in [0.05, 0.1) is 0 Å². The molecule has 0 aromatic heterocycles. The average Bonchev–Trinajstić information content (AvgIpc) is 2.39. The van der Waals surface area contributed by atoms with E-state index < -0.39 is 0 Å². The Morgan fingerprint density at radius 2 is 2.22 bits per heavy atom. The Hall–Kier alpha value is -0.350. The number of piperidine rings is 1. The van der Waals surface area contributed by atoms with Crippen LogP contribution in [0.3, 0.4) is 0 Å². The van der Waals surface area contributed by atoms with Gasteiger partial charge in [-0.25, -0.2) is 0 Å². The molecular weight excluding hydrogens is 358 g/mol. The van der Waals surface area contributed by atoms with Crippen LogP contribution in [0.2, 0.25) is 0 Å². The third-order valence-corrected chi connectivity index (χ3v) is 4.35. The molecule has 0 spiro atoms. The number of nitrogens with zero attached hydrogens (tertiary/aromatic N) is 1. The molecule has 1 atom stereocenters. The van der Waals surface area contributed by atoms with Gasteiger partial charge in [0.1, 0.15) is 0 Å². The van der Waals surface area contributed by atoms with E-state index in [1.165, 1.54) is 6.42 Å². The second-order valence-corrected chi connectivity index (χ2v) is 6.34. The van der Waals surface area contributed by atoms with E-state index in [1.807, 2.05) is 29.2 Å². The van der Waals surface area contributed by atoms with E-state index in [1.54, 1.807) is 0 Å². The second-order valence-electron chi connectivity index (χ2n) is 4.64. The summed E-state index contributed by atoms with van der Waals surface area (Å²) in [5.41, 5.74) is 0.783. The monoisotopic (exact) mass is 373 g/mol. The maximum absolute atomic E-state index is 12.5. The number of hydrogen-bond donors (Lipinski definition) is 0. The van der Waals surface area contributed by atoms with Crippen molar-refractivity contribution in [1.82, 2.24) is 4.90 Å². The molecule has 1 aliphatic heterocycles. The molecule has 1 saturated heterocycles. The fourth-order valence-electron chi connectivity index (χ4n) is 2.48. The molecule has 1 amide bonds. The Bertz CT molecular complexity index is 420. The zero-order valence-electron chi connectivity index (χ0n) is 10.2. The molecule has 1 aromatic carbocycles. The van der Waals surface area contributed by atoms with E-state index >= 15 is 0 Å². The summed E-state index contributed by atoms with van der Waals surface area (Å²) in [4.78, 5) is 14.6. The minimum absolute atomic E-state index is 0.168. The summed E-state index contributed by atoms with van der Waals surface area (Å²) in [5.74, 6) is 0.168. The molecule has 2 rings (SSSR count). The van der Waals surface area contributed by atoms with E-state index in [-0.39, 0.29) is 5.91 Å². The lowest BCUT2D eigenvalue weighted by atomic mass is 9.99.